The number of carbonyl (C=O) groups excluding carboxylic acids is 1. The molecule has 1 saturated heterocycles. The number of nitrogens with zero attached hydrogens (tertiary/aromatic N) is 3. The van der Waals surface area contributed by atoms with E-state index in [0.29, 0.717) is 6.04 Å². The van der Waals surface area contributed by atoms with Crippen LogP contribution in [0.2, 0.25) is 0 Å². The molecule has 0 unspecified atom stereocenters. The van der Waals surface area contributed by atoms with E-state index in [1.165, 1.54) is 0 Å². The fraction of sp³-hybridized carbons (Fsp3) is 0.643. The van der Waals surface area contributed by atoms with Gasteiger partial charge in [0.25, 0.3) is 0 Å². The van der Waals surface area contributed by atoms with E-state index in [9.17, 15) is 4.79 Å². The summed E-state index contributed by atoms with van der Waals surface area (Å²) in [6, 6.07) is 3.71. The maximum atomic E-state index is 12.2. The third kappa shape index (κ3) is 3.66. The number of likely N-dealkylation sites (tertiary alicyclic amines) is 1. The largest absolute Gasteiger partial charge is 0.366 e. The molecule has 1 aromatic heterocycles. The number of amides is 1. The van der Waals surface area contributed by atoms with Gasteiger partial charge in [-0.1, -0.05) is 13.8 Å². The topological polar surface area (TPSA) is 84.1 Å². The summed E-state index contributed by atoms with van der Waals surface area (Å²) in [5, 5.41) is 11.2. The predicted molar refractivity (Wildman–Crippen MR) is 78.1 cm³/mol. The normalized spacial score (nSPS) is 18.1. The lowest BCUT2D eigenvalue weighted by Gasteiger charge is -2.34. The highest BCUT2D eigenvalue weighted by Crippen LogP contribution is 2.16. The second-order valence-corrected chi connectivity index (χ2v) is 5.62. The van der Waals surface area contributed by atoms with Gasteiger partial charge in [0, 0.05) is 25.3 Å². The van der Waals surface area contributed by atoms with E-state index in [-0.39, 0.29) is 17.9 Å². The first-order valence-corrected chi connectivity index (χ1v) is 7.16. The molecule has 1 aliphatic rings. The molecule has 0 aromatic carbocycles. The van der Waals surface area contributed by atoms with E-state index < -0.39 is 0 Å². The van der Waals surface area contributed by atoms with Crippen LogP contribution in [-0.2, 0) is 4.79 Å². The fourth-order valence-electron chi connectivity index (χ4n) is 2.33. The Hall–Kier alpha value is -1.69. The van der Waals surface area contributed by atoms with E-state index >= 15 is 0 Å². The summed E-state index contributed by atoms with van der Waals surface area (Å²) >= 11 is 0. The molecule has 2 heterocycles. The summed E-state index contributed by atoms with van der Waals surface area (Å²) in [5.41, 5.74) is 5.92. The first-order valence-electron chi connectivity index (χ1n) is 7.16. The average Bonchev–Trinajstić information content (AvgIpc) is 2.47. The minimum absolute atomic E-state index is 0.0675. The summed E-state index contributed by atoms with van der Waals surface area (Å²) in [4.78, 5) is 14.0. The summed E-state index contributed by atoms with van der Waals surface area (Å²) in [7, 11) is 0. The molecule has 6 heteroatoms. The minimum atomic E-state index is -0.389. The monoisotopic (exact) mass is 277 g/mol. The van der Waals surface area contributed by atoms with Crippen LogP contribution in [-0.4, -0.2) is 46.2 Å². The number of anilines is 1. The second-order valence-electron chi connectivity index (χ2n) is 5.62. The molecule has 1 atom stereocenters. The lowest BCUT2D eigenvalue weighted by molar-refractivity contribution is -0.134. The van der Waals surface area contributed by atoms with Gasteiger partial charge in [-0.15, -0.1) is 5.10 Å². The highest BCUT2D eigenvalue weighted by atomic mass is 16.2. The van der Waals surface area contributed by atoms with Crippen LogP contribution in [0, 0.1) is 5.92 Å². The van der Waals surface area contributed by atoms with E-state index in [4.69, 9.17) is 5.73 Å². The average molecular weight is 277 g/mol. The van der Waals surface area contributed by atoms with Crippen molar-refractivity contribution in [1.29, 1.82) is 0 Å². The molecule has 1 aromatic rings. The SMILES string of the molecule is CC(C)[C@H](N)C(=O)N1CCC(Nc2cccnn2)CC1. The lowest BCUT2D eigenvalue weighted by Crippen LogP contribution is -2.50. The molecule has 3 N–H and O–H groups in total. The molecular weight excluding hydrogens is 254 g/mol. The van der Waals surface area contributed by atoms with Crippen LogP contribution in [0.15, 0.2) is 18.3 Å². The Morgan fingerprint density at radius 3 is 2.70 bits per heavy atom. The van der Waals surface area contributed by atoms with Crippen molar-refractivity contribution in [3.63, 3.8) is 0 Å². The third-order valence-electron chi connectivity index (χ3n) is 3.73. The zero-order chi connectivity index (χ0) is 14.5. The van der Waals surface area contributed by atoms with Gasteiger partial charge < -0.3 is 16.0 Å². The third-order valence-corrected chi connectivity index (χ3v) is 3.73. The molecule has 2 rings (SSSR count). The first kappa shape index (κ1) is 14.7. The Morgan fingerprint density at radius 1 is 1.45 bits per heavy atom. The van der Waals surface area contributed by atoms with Gasteiger partial charge in [0.1, 0.15) is 5.82 Å². The Labute approximate surface area is 119 Å². The van der Waals surface area contributed by atoms with Crippen LogP contribution in [0.4, 0.5) is 5.82 Å². The van der Waals surface area contributed by atoms with Crippen LogP contribution in [0.25, 0.3) is 0 Å². The molecule has 6 nitrogen and oxygen atoms in total. The van der Waals surface area contributed by atoms with E-state index in [2.05, 4.69) is 15.5 Å². The van der Waals surface area contributed by atoms with Gasteiger partial charge in [0.05, 0.1) is 6.04 Å². The van der Waals surface area contributed by atoms with Crippen molar-refractivity contribution in [1.82, 2.24) is 15.1 Å². The molecule has 0 radical (unpaired) electrons. The molecule has 20 heavy (non-hydrogen) atoms. The van der Waals surface area contributed by atoms with E-state index in [0.717, 1.165) is 31.7 Å². The number of nitrogens with one attached hydrogen (secondary N) is 1. The van der Waals surface area contributed by atoms with Gasteiger partial charge in [-0.2, -0.15) is 5.10 Å². The van der Waals surface area contributed by atoms with Gasteiger partial charge >= 0.3 is 0 Å². The van der Waals surface area contributed by atoms with Gasteiger partial charge in [-0.05, 0) is 30.9 Å². The number of rotatable bonds is 4. The van der Waals surface area contributed by atoms with Crippen molar-refractivity contribution < 1.29 is 4.79 Å². The fourth-order valence-corrected chi connectivity index (χ4v) is 2.33. The van der Waals surface area contributed by atoms with Crippen molar-refractivity contribution in [2.24, 2.45) is 11.7 Å². The zero-order valence-corrected chi connectivity index (χ0v) is 12.1. The molecule has 0 saturated carbocycles. The molecule has 0 bridgehead atoms. The Balaban J connectivity index is 1.82. The Morgan fingerprint density at radius 2 is 2.15 bits per heavy atom. The Kier molecular flexibility index (Phi) is 4.89. The predicted octanol–water partition coefficient (Wildman–Crippen LogP) is 0.863. The van der Waals surface area contributed by atoms with Crippen molar-refractivity contribution >= 4 is 11.7 Å². The van der Waals surface area contributed by atoms with Crippen molar-refractivity contribution in [2.75, 3.05) is 18.4 Å². The summed E-state index contributed by atoms with van der Waals surface area (Å²) in [6.07, 6.45) is 3.47. The maximum absolute atomic E-state index is 12.2. The van der Waals surface area contributed by atoms with Crippen LogP contribution >= 0.6 is 0 Å². The van der Waals surface area contributed by atoms with Crippen LogP contribution < -0.4 is 11.1 Å². The molecular formula is C14H23N5O. The number of hydrogen-bond donors (Lipinski definition) is 2. The highest BCUT2D eigenvalue weighted by molar-refractivity contribution is 5.82. The standard InChI is InChI=1S/C14H23N5O/c1-10(2)13(15)14(20)19-8-5-11(6-9-19)17-12-4-3-7-16-18-12/h3-4,7,10-11,13H,5-6,8-9,15H2,1-2H3,(H,17,18)/t13-/m0/s1. The summed E-state index contributed by atoms with van der Waals surface area (Å²) in [6.45, 7) is 5.45. The maximum Gasteiger partial charge on any atom is 0.239 e. The smallest absolute Gasteiger partial charge is 0.239 e. The second kappa shape index (κ2) is 6.65. The van der Waals surface area contributed by atoms with Crippen LogP contribution in [0.1, 0.15) is 26.7 Å². The number of carbonyl (C=O) groups is 1. The quantitative estimate of drug-likeness (QED) is 0.853. The molecule has 1 amide bonds. The molecule has 0 spiro atoms. The molecule has 1 aliphatic heterocycles. The Bertz CT molecular complexity index is 428. The highest BCUT2D eigenvalue weighted by Gasteiger charge is 2.27. The molecule has 1 fully saturated rings. The zero-order valence-electron chi connectivity index (χ0n) is 12.1. The first-order chi connectivity index (χ1) is 9.58. The lowest BCUT2D eigenvalue weighted by atomic mass is 10.0. The van der Waals surface area contributed by atoms with Crippen LogP contribution in [0.5, 0.6) is 0 Å². The number of nitrogens with two attached hydrogens (primary N) is 1. The van der Waals surface area contributed by atoms with E-state index in [1.54, 1.807) is 6.20 Å². The van der Waals surface area contributed by atoms with Crippen LogP contribution in [0.3, 0.4) is 0 Å². The van der Waals surface area contributed by atoms with Gasteiger partial charge in [-0.25, -0.2) is 0 Å². The number of hydrogen-bond acceptors (Lipinski definition) is 5. The van der Waals surface area contributed by atoms with E-state index in [1.807, 2.05) is 30.9 Å². The molecule has 0 aliphatic carbocycles. The van der Waals surface area contributed by atoms with Gasteiger partial charge in [0.2, 0.25) is 5.91 Å². The van der Waals surface area contributed by atoms with Gasteiger partial charge in [-0.3, -0.25) is 4.79 Å². The van der Waals surface area contributed by atoms with Crippen molar-refractivity contribution in [3.8, 4) is 0 Å². The number of aromatic nitrogens is 2. The molecule has 110 valence electrons. The summed E-state index contributed by atoms with van der Waals surface area (Å²) in [5.74, 6) is 1.03. The number of piperidine rings is 1. The summed E-state index contributed by atoms with van der Waals surface area (Å²) < 4.78 is 0. The van der Waals surface area contributed by atoms with Gasteiger partial charge in [0.15, 0.2) is 0 Å². The minimum Gasteiger partial charge on any atom is -0.366 e. The van der Waals surface area contributed by atoms with Crippen molar-refractivity contribution in [3.05, 3.63) is 18.3 Å². The van der Waals surface area contributed by atoms with Crippen molar-refractivity contribution in [2.45, 2.75) is 38.8 Å².